The predicted molar refractivity (Wildman–Crippen MR) is 108 cm³/mol. The number of anilines is 3. The number of aliphatic imine (C=N–C) groups is 1. The van der Waals surface area contributed by atoms with Gasteiger partial charge in [0.25, 0.3) is 0 Å². The Kier molecular flexibility index (Phi) is 5.34. The molecule has 3 N–H and O–H groups in total. The van der Waals surface area contributed by atoms with E-state index in [1.54, 1.807) is 12.5 Å². The first kappa shape index (κ1) is 17.7. The summed E-state index contributed by atoms with van der Waals surface area (Å²) in [5.41, 5.74) is 4.88. The summed E-state index contributed by atoms with van der Waals surface area (Å²) in [6, 6.07) is 9.45. The third-order valence-electron chi connectivity index (χ3n) is 3.84. The van der Waals surface area contributed by atoms with Crippen LogP contribution < -0.4 is 10.6 Å². The van der Waals surface area contributed by atoms with Gasteiger partial charge >= 0.3 is 0 Å². The summed E-state index contributed by atoms with van der Waals surface area (Å²) >= 11 is 6.16. The summed E-state index contributed by atoms with van der Waals surface area (Å²) in [7, 11) is 1.83. The van der Waals surface area contributed by atoms with Gasteiger partial charge in [0.05, 0.1) is 17.0 Å². The van der Waals surface area contributed by atoms with Crippen LogP contribution in [-0.4, -0.2) is 27.7 Å². The Bertz CT molecular complexity index is 960. The van der Waals surface area contributed by atoms with Gasteiger partial charge < -0.3 is 15.6 Å². The first-order valence-corrected chi connectivity index (χ1v) is 8.40. The van der Waals surface area contributed by atoms with Crippen LogP contribution in [-0.2, 0) is 0 Å². The molecular weight excluding hydrogens is 348 g/mol. The fourth-order valence-corrected chi connectivity index (χ4v) is 2.79. The largest absolute Gasteiger partial charge is 0.387 e. The molecule has 0 unspecified atom stereocenters. The highest BCUT2D eigenvalue weighted by atomic mass is 35.5. The molecule has 7 heteroatoms. The second-order valence-corrected chi connectivity index (χ2v) is 5.91. The van der Waals surface area contributed by atoms with Gasteiger partial charge in [0.15, 0.2) is 0 Å². The third-order valence-corrected chi connectivity index (χ3v) is 4.17. The highest BCUT2D eigenvalue weighted by Crippen LogP contribution is 2.28. The molecule has 0 spiro atoms. The molecule has 3 rings (SSSR count). The van der Waals surface area contributed by atoms with Gasteiger partial charge in [0.1, 0.15) is 17.2 Å². The Labute approximate surface area is 157 Å². The van der Waals surface area contributed by atoms with E-state index in [0.717, 1.165) is 28.3 Å². The van der Waals surface area contributed by atoms with Crippen molar-refractivity contribution >= 4 is 34.5 Å². The molecule has 0 radical (unpaired) electrons. The number of pyridine rings is 1. The van der Waals surface area contributed by atoms with Crippen molar-refractivity contribution in [2.45, 2.75) is 6.92 Å². The number of imidazole rings is 1. The fraction of sp³-hybridized carbons (Fsp3) is 0.105. The summed E-state index contributed by atoms with van der Waals surface area (Å²) in [6.07, 6.45) is 4.87. The molecule has 2 aromatic heterocycles. The number of rotatable bonds is 6. The number of halogens is 1. The van der Waals surface area contributed by atoms with E-state index in [1.807, 2.05) is 44.3 Å². The van der Waals surface area contributed by atoms with Crippen LogP contribution in [0.2, 0.25) is 5.02 Å². The van der Waals surface area contributed by atoms with E-state index in [2.05, 4.69) is 37.2 Å². The molecule has 0 aliphatic carbocycles. The van der Waals surface area contributed by atoms with Crippen molar-refractivity contribution in [3.05, 3.63) is 77.6 Å². The van der Waals surface area contributed by atoms with E-state index in [0.29, 0.717) is 16.6 Å². The minimum Gasteiger partial charge on any atom is -0.387 e. The lowest BCUT2D eigenvalue weighted by atomic mass is 10.1. The van der Waals surface area contributed by atoms with Gasteiger partial charge in [-0.05, 0) is 37.3 Å². The number of hydrogen-bond acceptors (Lipinski definition) is 5. The highest BCUT2D eigenvalue weighted by molar-refractivity contribution is 6.33. The summed E-state index contributed by atoms with van der Waals surface area (Å²) in [4.78, 5) is 16.4. The zero-order valence-corrected chi connectivity index (χ0v) is 15.3. The second kappa shape index (κ2) is 7.84. The van der Waals surface area contributed by atoms with E-state index >= 15 is 0 Å². The maximum Gasteiger partial charge on any atom is 0.139 e. The first-order chi connectivity index (χ1) is 12.6. The van der Waals surface area contributed by atoms with Crippen LogP contribution in [0.3, 0.4) is 0 Å². The lowest BCUT2D eigenvalue weighted by Gasteiger charge is -2.13. The number of H-pyrrole nitrogens is 1. The van der Waals surface area contributed by atoms with E-state index < -0.39 is 0 Å². The SMILES string of the molecule is C=CN=C(c1cccnc1Nc1ccc(Cl)c(NC)c1)c1nc[nH]c1C. The Hall–Kier alpha value is -3.12. The molecule has 6 nitrogen and oxygen atoms in total. The molecule has 0 fully saturated rings. The molecule has 1 aromatic carbocycles. The Morgan fingerprint density at radius 1 is 1.31 bits per heavy atom. The highest BCUT2D eigenvalue weighted by Gasteiger charge is 2.16. The number of aryl methyl sites for hydroxylation is 1. The summed E-state index contributed by atoms with van der Waals surface area (Å²) < 4.78 is 0. The van der Waals surface area contributed by atoms with Crippen LogP contribution in [0, 0.1) is 6.92 Å². The maximum absolute atomic E-state index is 6.16. The number of aromatic nitrogens is 3. The molecule has 0 bridgehead atoms. The van der Waals surface area contributed by atoms with Crippen molar-refractivity contribution in [2.24, 2.45) is 4.99 Å². The van der Waals surface area contributed by atoms with Gasteiger partial charge in [0, 0.05) is 36.4 Å². The summed E-state index contributed by atoms with van der Waals surface area (Å²) in [6.45, 7) is 5.67. The van der Waals surface area contributed by atoms with Gasteiger partial charge in [0.2, 0.25) is 0 Å². The number of nitrogens with zero attached hydrogens (tertiary/aromatic N) is 3. The minimum absolute atomic E-state index is 0.653. The predicted octanol–water partition coefficient (Wildman–Crippen LogP) is 4.53. The van der Waals surface area contributed by atoms with Crippen molar-refractivity contribution in [2.75, 3.05) is 17.7 Å². The topological polar surface area (TPSA) is 78.0 Å². The molecule has 26 heavy (non-hydrogen) atoms. The third kappa shape index (κ3) is 3.60. The number of hydrogen-bond donors (Lipinski definition) is 3. The van der Waals surface area contributed by atoms with Crippen molar-refractivity contribution < 1.29 is 0 Å². The lowest BCUT2D eigenvalue weighted by Crippen LogP contribution is -2.10. The Balaban J connectivity index is 2.04. The molecule has 0 saturated heterocycles. The number of benzene rings is 1. The van der Waals surface area contributed by atoms with Crippen LogP contribution >= 0.6 is 11.6 Å². The normalized spacial score (nSPS) is 11.3. The van der Waals surface area contributed by atoms with Gasteiger partial charge in [-0.15, -0.1) is 0 Å². The molecule has 0 atom stereocenters. The summed E-state index contributed by atoms with van der Waals surface area (Å²) in [5, 5.41) is 7.05. The Morgan fingerprint density at radius 3 is 2.85 bits per heavy atom. The monoisotopic (exact) mass is 366 g/mol. The minimum atomic E-state index is 0.653. The van der Waals surface area contributed by atoms with Crippen molar-refractivity contribution in [3.63, 3.8) is 0 Å². The van der Waals surface area contributed by atoms with Gasteiger partial charge in [-0.1, -0.05) is 18.2 Å². The van der Waals surface area contributed by atoms with Crippen molar-refractivity contribution in [1.82, 2.24) is 15.0 Å². The quantitative estimate of drug-likeness (QED) is 0.560. The van der Waals surface area contributed by atoms with Gasteiger partial charge in [-0.2, -0.15) is 0 Å². The molecule has 2 heterocycles. The van der Waals surface area contributed by atoms with Gasteiger partial charge in [-0.3, -0.25) is 4.99 Å². The van der Waals surface area contributed by atoms with Crippen LogP contribution in [0.15, 0.2) is 60.6 Å². The summed E-state index contributed by atoms with van der Waals surface area (Å²) in [5.74, 6) is 0.667. The van der Waals surface area contributed by atoms with Crippen molar-refractivity contribution in [3.8, 4) is 0 Å². The smallest absolute Gasteiger partial charge is 0.139 e. The zero-order valence-electron chi connectivity index (χ0n) is 14.5. The number of nitrogens with one attached hydrogen (secondary N) is 3. The lowest BCUT2D eigenvalue weighted by molar-refractivity contribution is 1.25. The average Bonchev–Trinajstić information content (AvgIpc) is 3.07. The van der Waals surface area contributed by atoms with Gasteiger partial charge in [-0.25, -0.2) is 9.97 Å². The zero-order chi connectivity index (χ0) is 18.5. The number of aromatic amines is 1. The molecule has 0 saturated carbocycles. The molecule has 132 valence electrons. The molecule has 0 aliphatic rings. The second-order valence-electron chi connectivity index (χ2n) is 5.51. The van der Waals surface area contributed by atoms with E-state index in [4.69, 9.17) is 11.6 Å². The van der Waals surface area contributed by atoms with E-state index in [-0.39, 0.29) is 0 Å². The molecule has 0 amide bonds. The van der Waals surface area contributed by atoms with Crippen LogP contribution in [0.1, 0.15) is 17.0 Å². The fourth-order valence-electron chi connectivity index (χ4n) is 2.57. The molecular formula is C19H19ClN6. The molecule has 3 aromatic rings. The standard InChI is InChI=1S/C19H19ClN6/c1-4-22-18(17-12(2)24-11-25-17)14-6-5-9-23-19(14)26-13-7-8-15(20)16(10-13)21-3/h4-11,21H,1H2,2-3H3,(H,23,26)(H,24,25). The van der Waals surface area contributed by atoms with Crippen LogP contribution in [0.25, 0.3) is 0 Å². The Morgan fingerprint density at radius 2 is 2.15 bits per heavy atom. The van der Waals surface area contributed by atoms with E-state index in [1.165, 1.54) is 6.20 Å². The van der Waals surface area contributed by atoms with Crippen LogP contribution in [0.5, 0.6) is 0 Å². The first-order valence-electron chi connectivity index (χ1n) is 8.02. The van der Waals surface area contributed by atoms with E-state index in [9.17, 15) is 0 Å². The van der Waals surface area contributed by atoms with Crippen LogP contribution in [0.4, 0.5) is 17.2 Å². The van der Waals surface area contributed by atoms with Crippen molar-refractivity contribution in [1.29, 1.82) is 0 Å². The average molecular weight is 367 g/mol. The maximum atomic E-state index is 6.16. The molecule has 0 aliphatic heterocycles.